The van der Waals surface area contributed by atoms with Gasteiger partial charge in [0.2, 0.25) is 0 Å². The van der Waals surface area contributed by atoms with Crippen molar-refractivity contribution in [1.29, 1.82) is 0 Å². The van der Waals surface area contributed by atoms with Gasteiger partial charge in [0.15, 0.2) is 0 Å². The van der Waals surface area contributed by atoms with E-state index in [0.29, 0.717) is 11.8 Å². The van der Waals surface area contributed by atoms with Crippen molar-refractivity contribution in [3.8, 4) is 0 Å². The van der Waals surface area contributed by atoms with Crippen molar-refractivity contribution in [3.63, 3.8) is 0 Å². The van der Waals surface area contributed by atoms with E-state index in [2.05, 4.69) is 6.58 Å². The first kappa shape index (κ1) is 8.51. The van der Waals surface area contributed by atoms with Crippen molar-refractivity contribution in [2.75, 3.05) is 0 Å². The zero-order chi connectivity index (χ0) is 9.71. The largest absolute Gasteiger partial charge is 0.459 e. The normalized spacial score (nSPS) is 48.1. The van der Waals surface area contributed by atoms with E-state index in [9.17, 15) is 4.79 Å². The SMILES string of the molecule is C=CC(=O)OC1C2CC3CC(C2)[C@H]1C3. The number of carbonyl (C=O) groups is 1. The van der Waals surface area contributed by atoms with Gasteiger partial charge in [-0.1, -0.05) is 6.58 Å². The summed E-state index contributed by atoms with van der Waals surface area (Å²) in [5.41, 5.74) is 0. The van der Waals surface area contributed by atoms with Crippen LogP contribution in [0.5, 0.6) is 0 Å². The second kappa shape index (κ2) is 2.85. The monoisotopic (exact) mass is 192 g/mol. The number of carbonyl (C=O) groups excluding carboxylic acids is 1. The van der Waals surface area contributed by atoms with Gasteiger partial charge < -0.3 is 4.74 Å². The molecule has 4 rings (SSSR count). The molecule has 4 bridgehead atoms. The highest BCUT2D eigenvalue weighted by molar-refractivity contribution is 5.81. The topological polar surface area (TPSA) is 26.3 Å². The van der Waals surface area contributed by atoms with E-state index < -0.39 is 0 Å². The van der Waals surface area contributed by atoms with Crippen molar-refractivity contribution in [2.24, 2.45) is 23.7 Å². The Bertz CT molecular complexity index is 280. The van der Waals surface area contributed by atoms with Crippen LogP contribution in [0.3, 0.4) is 0 Å². The average molecular weight is 192 g/mol. The molecule has 0 heterocycles. The van der Waals surface area contributed by atoms with E-state index in [1.165, 1.54) is 31.8 Å². The molecule has 4 aliphatic rings. The summed E-state index contributed by atoms with van der Waals surface area (Å²) < 4.78 is 5.47. The van der Waals surface area contributed by atoms with Crippen LogP contribution in [0.25, 0.3) is 0 Å². The number of esters is 1. The van der Waals surface area contributed by atoms with Gasteiger partial charge in [-0.05, 0) is 49.4 Å². The van der Waals surface area contributed by atoms with Crippen LogP contribution in [0.1, 0.15) is 25.7 Å². The van der Waals surface area contributed by atoms with Gasteiger partial charge in [-0.15, -0.1) is 0 Å². The quantitative estimate of drug-likeness (QED) is 0.495. The molecule has 76 valence electrons. The van der Waals surface area contributed by atoms with Crippen LogP contribution in [0, 0.1) is 23.7 Å². The van der Waals surface area contributed by atoms with Gasteiger partial charge in [0.1, 0.15) is 6.10 Å². The lowest BCUT2D eigenvalue weighted by Gasteiger charge is -2.31. The Morgan fingerprint density at radius 2 is 2.00 bits per heavy atom. The molecule has 4 saturated carbocycles. The summed E-state index contributed by atoms with van der Waals surface area (Å²) in [5.74, 6) is 2.93. The van der Waals surface area contributed by atoms with Crippen LogP contribution in [0.2, 0.25) is 0 Å². The van der Waals surface area contributed by atoms with Crippen LogP contribution in [-0.2, 0) is 9.53 Å². The number of rotatable bonds is 2. The summed E-state index contributed by atoms with van der Waals surface area (Å²) in [4.78, 5) is 11.2. The fourth-order valence-corrected chi connectivity index (χ4v) is 4.04. The molecule has 0 aliphatic heterocycles. The maximum atomic E-state index is 11.2. The first-order valence-electron chi connectivity index (χ1n) is 5.61. The predicted octanol–water partition coefficient (Wildman–Crippen LogP) is 2.15. The number of ether oxygens (including phenoxy) is 1. The highest BCUT2D eigenvalue weighted by Gasteiger charge is 2.55. The molecule has 2 heteroatoms. The zero-order valence-corrected chi connectivity index (χ0v) is 8.32. The van der Waals surface area contributed by atoms with E-state index in [4.69, 9.17) is 4.74 Å². The molecular formula is C12H16O2. The van der Waals surface area contributed by atoms with Gasteiger partial charge in [0, 0.05) is 6.08 Å². The number of hydrogen-bond acceptors (Lipinski definition) is 2. The maximum absolute atomic E-state index is 11.2. The van der Waals surface area contributed by atoms with Crippen molar-refractivity contribution in [1.82, 2.24) is 0 Å². The minimum absolute atomic E-state index is 0.226. The Balaban J connectivity index is 1.76. The summed E-state index contributed by atoms with van der Waals surface area (Å²) in [6.45, 7) is 3.45. The predicted molar refractivity (Wildman–Crippen MR) is 52.5 cm³/mol. The number of hydrogen-bond donors (Lipinski definition) is 0. The third-order valence-corrected chi connectivity index (χ3v) is 4.39. The standard InChI is InChI=1S/C12H16O2/c1-2-11(13)14-12-9-4-7-3-8(6-9)10(12)5-7/h2,7-10,12H,1,3-6H2/t7?,8?,9?,10-,12?/m1/s1. The first-order chi connectivity index (χ1) is 6.78. The van der Waals surface area contributed by atoms with Crippen LogP contribution in [-0.4, -0.2) is 12.1 Å². The molecule has 0 radical (unpaired) electrons. The van der Waals surface area contributed by atoms with Crippen molar-refractivity contribution in [2.45, 2.75) is 31.8 Å². The van der Waals surface area contributed by atoms with E-state index in [-0.39, 0.29) is 12.1 Å². The Morgan fingerprint density at radius 1 is 1.21 bits per heavy atom. The van der Waals surface area contributed by atoms with Crippen LogP contribution >= 0.6 is 0 Å². The summed E-state index contributed by atoms with van der Waals surface area (Å²) in [7, 11) is 0. The van der Waals surface area contributed by atoms with E-state index in [0.717, 1.165) is 11.8 Å². The minimum atomic E-state index is -0.231. The summed E-state index contributed by atoms with van der Waals surface area (Å²) in [5, 5.41) is 0. The molecule has 0 aromatic carbocycles. The molecular weight excluding hydrogens is 176 g/mol. The molecule has 0 saturated heterocycles. The Labute approximate surface area is 84.3 Å². The lowest BCUT2D eigenvalue weighted by molar-refractivity contribution is -0.148. The second-order valence-electron chi connectivity index (χ2n) is 5.10. The Kier molecular flexibility index (Phi) is 1.73. The lowest BCUT2D eigenvalue weighted by Crippen LogP contribution is -2.32. The molecule has 5 atom stereocenters. The van der Waals surface area contributed by atoms with E-state index >= 15 is 0 Å². The molecule has 0 aromatic heterocycles. The van der Waals surface area contributed by atoms with Gasteiger partial charge >= 0.3 is 5.97 Å². The molecule has 0 spiro atoms. The van der Waals surface area contributed by atoms with Crippen molar-refractivity contribution >= 4 is 5.97 Å². The maximum Gasteiger partial charge on any atom is 0.330 e. The highest BCUT2D eigenvalue weighted by Crippen LogP contribution is 2.58. The van der Waals surface area contributed by atoms with Gasteiger partial charge in [-0.25, -0.2) is 4.79 Å². The molecule has 4 fully saturated rings. The zero-order valence-electron chi connectivity index (χ0n) is 8.32. The molecule has 14 heavy (non-hydrogen) atoms. The third-order valence-electron chi connectivity index (χ3n) is 4.39. The minimum Gasteiger partial charge on any atom is -0.459 e. The molecule has 0 N–H and O–H groups in total. The molecule has 0 aromatic rings. The molecule has 4 unspecified atom stereocenters. The fraction of sp³-hybridized carbons (Fsp3) is 0.750. The second-order valence-corrected chi connectivity index (χ2v) is 5.10. The van der Waals surface area contributed by atoms with Crippen molar-refractivity contribution < 1.29 is 9.53 Å². The van der Waals surface area contributed by atoms with Crippen molar-refractivity contribution in [3.05, 3.63) is 12.7 Å². The summed E-state index contributed by atoms with van der Waals surface area (Å²) in [6.07, 6.45) is 6.81. The Morgan fingerprint density at radius 3 is 2.71 bits per heavy atom. The van der Waals surface area contributed by atoms with Crippen LogP contribution in [0.4, 0.5) is 0 Å². The smallest absolute Gasteiger partial charge is 0.330 e. The Hall–Kier alpha value is -0.790. The summed E-state index contributed by atoms with van der Waals surface area (Å²) in [6, 6.07) is 0. The van der Waals surface area contributed by atoms with Gasteiger partial charge in [-0.2, -0.15) is 0 Å². The summed E-state index contributed by atoms with van der Waals surface area (Å²) >= 11 is 0. The van der Waals surface area contributed by atoms with E-state index in [1.54, 1.807) is 0 Å². The third kappa shape index (κ3) is 1.06. The van der Waals surface area contributed by atoms with Gasteiger partial charge in [-0.3, -0.25) is 0 Å². The highest BCUT2D eigenvalue weighted by atomic mass is 16.5. The molecule has 4 aliphatic carbocycles. The average Bonchev–Trinajstić information content (AvgIpc) is 2.59. The van der Waals surface area contributed by atoms with Gasteiger partial charge in [0.05, 0.1) is 0 Å². The molecule has 0 amide bonds. The lowest BCUT2D eigenvalue weighted by atomic mass is 9.80. The fourth-order valence-electron chi connectivity index (χ4n) is 4.04. The van der Waals surface area contributed by atoms with Gasteiger partial charge in [0.25, 0.3) is 0 Å². The molecule has 2 nitrogen and oxygen atoms in total. The van der Waals surface area contributed by atoms with Crippen LogP contribution in [0.15, 0.2) is 12.7 Å². The van der Waals surface area contributed by atoms with E-state index in [1.807, 2.05) is 0 Å². The van der Waals surface area contributed by atoms with Crippen LogP contribution < -0.4 is 0 Å². The first-order valence-corrected chi connectivity index (χ1v) is 5.61.